The van der Waals surface area contributed by atoms with E-state index in [-0.39, 0.29) is 24.0 Å². The van der Waals surface area contributed by atoms with Crippen LogP contribution >= 0.6 is 0 Å². The molecule has 1 fully saturated rings. The van der Waals surface area contributed by atoms with Gasteiger partial charge in [0, 0.05) is 17.3 Å². The van der Waals surface area contributed by atoms with E-state index in [1.165, 1.54) is 4.57 Å². The third-order valence-corrected chi connectivity index (χ3v) is 7.35. The van der Waals surface area contributed by atoms with E-state index in [9.17, 15) is 13.6 Å². The standard InChI is InChI=1S/C28H32F2N6O/c1-2-3-13-24-25(26(29)30)36(21-9-5-4-6-10-21)28(37)35(24)18-19-14-16-20(17-15-19)22-11-7-8-12-23(22)27-31-33-34-32-27/h7-8,11-12,14-17,21,26H,2-6,9-10,13,18H2,1H3,(H,31,32,33,34). The zero-order valence-electron chi connectivity index (χ0n) is 21.0. The van der Waals surface area contributed by atoms with Crippen molar-refractivity contribution in [2.75, 3.05) is 0 Å². The number of aromatic nitrogens is 6. The molecule has 1 N–H and O–H groups in total. The first-order valence-corrected chi connectivity index (χ1v) is 13.1. The molecule has 0 spiro atoms. The van der Waals surface area contributed by atoms with Gasteiger partial charge in [-0.15, -0.1) is 10.2 Å². The number of aromatic amines is 1. The maximum absolute atomic E-state index is 14.4. The molecule has 2 aromatic carbocycles. The predicted molar refractivity (Wildman–Crippen MR) is 139 cm³/mol. The van der Waals surface area contributed by atoms with Crippen molar-refractivity contribution in [1.82, 2.24) is 29.8 Å². The second-order valence-corrected chi connectivity index (χ2v) is 9.74. The summed E-state index contributed by atoms with van der Waals surface area (Å²) < 4.78 is 31.8. The summed E-state index contributed by atoms with van der Waals surface area (Å²) in [7, 11) is 0. The molecule has 194 valence electrons. The molecule has 9 heteroatoms. The SMILES string of the molecule is CCCCc1c(C(F)F)n(C2CCCCC2)c(=O)n1Cc1ccc(-c2ccccc2-c2nn[nH]n2)cc1. The van der Waals surface area contributed by atoms with Gasteiger partial charge < -0.3 is 0 Å². The van der Waals surface area contributed by atoms with Crippen LogP contribution < -0.4 is 5.69 Å². The molecule has 0 saturated heterocycles. The Balaban J connectivity index is 1.50. The number of hydrogen-bond donors (Lipinski definition) is 1. The summed E-state index contributed by atoms with van der Waals surface area (Å²) in [4.78, 5) is 13.6. The topological polar surface area (TPSA) is 81.4 Å². The molecule has 0 amide bonds. The number of rotatable bonds is 9. The lowest BCUT2D eigenvalue weighted by Crippen LogP contribution is -2.30. The van der Waals surface area contributed by atoms with E-state index in [0.717, 1.165) is 67.2 Å². The van der Waals surface area contributed by atoms with Gasteiger partial charge in [-0.25, -0.2) is 13.6 Å². The van der Waals surface area contributed by atoms with Crippen LogP contribution in [0.1, 0.15) is 81.3 Å². The molecule has 4 aromatic rings. The van der Waals surface area contributed by atoms with E-state index in [1.807, 2.05) is 55.5 Å². The van der Waals surface area contributed by atoms with Crippen LogP contribution in [0.25, 0.3) is 22.5 Å². The smallest absolute Gasteiger partial charge is 0.291 e. The highest BCUT2D eigenvalue weighted by atomic mass is 19.3. The zero-order valence-corrected chi connectivity index (χ0v) is 21.0. The highest BCUT2D eigenvalue weighted by Gasteiger charge is 2.30. The van der Waals surface area contributed by atoms with Crippen LogP contribution in [-0.4, -0.2) is 29.8 Å². The monoisotopic (exact) mass is 506 g/mol. The Labute approximate surface area is 214 Å². The maximum Gasteiger partial charge on any atom is 0.329 e. The molecule has 0 bridgehead atoms. The Morgan fingerprint density at radius 2 is 1.76 bits per heavy atom. The molecule has 0 atom stereocenters. The Bertz CT molecular complexity index is 1370. The van der Waals surface area contributed by atoms with E-state index < -0.39 is 6.43 Å². The summed E-state index contributed by atoms with van der Waals surface area (Å²) in [6, 6.07) is 15.5. The van der Waals surface area contributed by atoms with Gasteiger partial charge in [0.2, 0.25) is 5.82 Å². The first-order chi connectivity index (χ1) is 18.1. The van der Waals surface area contributed by atoms with Gasteiger partial charge in [0.25, 0.3) is 6.43 Å². The number of nitrogens with one attached hydrogen (secondary N) is 1. The van der Waals surface area contributed by atoms with Gasteiger partial charge in [0.1, 0.15) is 5.69 Å². The lowest BCUT2D eigenvalue weighted by molar-refractivity contribution is 0.134. The van der Waals surface area contributed by atoms with Gasteiger partial charge in [0.05, 0.1) is 6.54 Å². The van der Waals surface area contributed by atoms with E-state index in [0.29, 0.717) is 17.9 Å². The summed E-state index contributed by atoms with van der Waals surface area (Å²) in [5.74, 6) is 0.510. The Morgan fingerprint density at radius 1 is 1.03 bits per heavy atom. The van der Waals surface area contributed by atoms with Crippen LogP contribution in [-0.2, 0) is 13.0 Å². The van der Waals surface area contributed by atoms with Crippen molar-refractivity contribution in [2.24, 2.45) is 0 Å². The van der Waals surface area contributed by atoms with Crippen molar-refractivity contribution in [1.29, 1.82) is 0 Å². The third kappa shape index (κ3) is 5.12. The number of benzene rings is 2. The van der Waals surface area contributed by atoms with Gasteiger partial charge in [-0.05, 0) is 47.6 Å². The van der Waals surface area contributed by atoms with Crippen LogP contribution in [0.2, 0.25) is 0 Å². The number of imidazole rings is 1. The quantitative estimate of drug-likeness (QED) is 0.288. The van der Waals surface area contributed by atoms with Gasteiger partial charge in [0.15, 0.2) is 0 Å². The predicted octanol–water partition coefficient (Wildman–Crippen LogP) is 6.33. The second-order valence-electron chi connectivity index (χ2n) is 9.74. The van der Waals surface area contributed by atoms with Crippen LogP contribution in [0, 0.1) is 0 Å². The summed E-state index contributed by atoms with van der Waals surface area (Å²) in [6.07, 6.45) is 4.05. The highest BCUT2D eigenvalue weighted by molar-refractivity contribution is 5.80. The van der Waals surface area contributed by atoms with Gasteiger partial charge in [-0.1, -0.05) is 81.1 Å². The van der Waals surface area contributed by atoms with E-state index in [1.54, 1.807) is 4.57 Å². The number of hydrogen-bond acceptors (Lipinski definition) is 4. The van der Waals surface area contributed by atoms with Crippen LogP contribution in [0.4, 0.5) is 8.78 Å². The molecular weight excluding hydrogens is 474 g/mol. The second kappa shape index (κ2) is 11.2. The number of halogens is 2. The molecule has 5 rings (SSSR count). The summed E-state index contributed by atoms with van der Waals surface area (Å²) in [6.45, 7) is 2.30. The minimum absolute atomic E-state index is 0.0731. The zero-order chi connectivity index (χ0) is 25.8. The van der Waals surface area contributed by atoms with Gasteiger partial charge in [-0.3, -0.25) is 9.13 Å². The fraction of sp³-hybridized carbons (Fsp3) is 0.429. The summed E-state index contributed by atoms with van der Waals surface area (Å²) in [5.41, 5.74) is 3.78. The van der Waals surface area contributed by atoms with Crippen molar-refractivity contribution in [3.05, 3.63) is 76.0 Å². The molecule has 1 saturated carbocycles. The molecule has 7 nitrogen and oxygen atoms in total. The number of alkyl halides is 2. The van der Waals surface area contributed by atoms with Crippen molar-refractivity contribution in [3.63, 3.8) is 0 Å². The molecule has 1 aliphatic rings. The summed E-state index contributed by atoms with van der Waals surface area (Å²) in [5, 5.41) is 14.4. The largest absolute Gasteiger partial charge is 0.329 e. The maximum atomic E-state index is 14.4. The van der Waals surface area contributed by atoms with E-state index in [4.69, 9.17) is 0 Å². The van der Waals surface area contributed by atoms with Crippen molar-refractivity contribution in [2.45, 2.75) is 77.3 Å². The van der Waals surface area contributed by atoms with E-state index >= 15 is 0 Å². The molecule has 2 heterocycles. The van der Waals surface area contributed by atoms with Crippen LogP contribution in [0.15, 0.2) is 53.3 Å². The van der Waals surface area contributed by atoms with Gasteiger partial charge >= 0.3 is 5.69 Å². The fourth-order valence-electron chi connectivity index (χ4n) is 5.50. The van der Waals surface area contributed by atoms with Crippen molar-refractivity contribution < 1.29 is 8.78 Å². The summed E-state index contributed by atoms with van der Waals surface area (Å²) >= 11 is 0. The number of tetrazole rings is 1. The Hall–Kier alpha value is -3.62. The minimum Gasteiger partial charge on any atom is -0.291 e. The fourth-order valence-corrected chi connectivity index (χ4v) is 5.50. The number of H-pyrrole nitrogens is 1. The Morgan fingerprint density at radius 3 is 2.41 bits per heavy atom. The molecule has 0 unspecified atom stereocenters. The number of nitrogens with zero attached hydrogens (tertiary/aromatic N) is 5. The van der Waals surface area contributed by atoms with Crippen molar-refractivity contribution >= 4 is 0 Å². The average molecular weight is 507 g/mol. The highest BCUT2D eigenvalue weighted by Crippen LogP contribution is 2.34. The molecule has 0 aliphatic heterocycles. The lowest BCUT2D eigenvalue weighted by atomic mass is 9.95. The number of unbranched alkanes of at least 4 members (excludes halogenated alkanes) is 1. The van der Waals surface area contributed by atoms with Crippen LogP contribution in [0.5, 0.6) is 0 Å². The van der Waals surface area contributed by atoms with E-state index in [2.05, 4.69) is 20.6 Å². The molecule has 1 aliphatic carbocycles. The first kappa shape index (κ1) is 25.0. The molecule has 37 heavy (non-hydrogen) atoms. The molecule has 2 aromatic heterocycles. The third-order valence-electron chi connectivity index (χ3n) is 7.35. The van der Waals surface area contributed by atoms with Gasteiger partial charge in [-0.2, -0.15) is 5.21 Å². The molecular formula is C28H32F2N6O. The average Bonchev–Trinajstić information content (AvgIpc) is 3.56. The first-order valence-electron chi connectivity index (χ1n) is 13.1. The van der Waals surface area contributed by atoms with Crippen molar-refractivity contribution in [3.8, 4) is 22.5 Å². The normalized spacial score (nSPS) is 14.5. The van der Waals surface area contributed by atoms with Crippen LogP contribution in [0.3, 0.4) is 0 Å². The lowest BCUT2D eigenvalue weighted by Gasteiger charge is -2.24. The molecule has 0 radical (unpaired) electrons. The Kier molecular flexibility index (Phi) is 7.58. The minimum atomic E-state index is -2.67.